The van der Waals surface area contributed by atoms with E-state index in [9.17, 15) is 19.3 Å². The zero-order valence-corrected chi connectivity index (χ0v) is 6.94. The van der Waals surface area contributed by atoms with Crippen LogP contribution in [0.1, 0.15) is 5.56 Å². The van der Waals surface area contributed by atoms with Gasteiger partial charge in [0.2, 0.25) is 6.08 Å². The van der Waals surface area contributed by atoms with Crippen LogP contribution in [0.15, 0.2) is 23.2 Å². The number of nitrogens with zero attached hydrogens (tertiary/aromatic N) is 2. The summed E-state index contributed by atoms with van der Waals surface area (Å²) >= 11 is 0. The average Bonchev–Trinajstić information content (AvgIpc) is 2.14. The molecule has 0 N–H and O–H groups in total. The minimum atomic E-state index is -0.658. The third-order valence-corrected chi connectivity index (χ3v) is 1.55. The molecule has 0 spiro atoms. The standard InChI is InChI=1S/C8H5FN2O3/c9-7-1-2-8(11(13)14)6(3-7)4-10-5-12/h1-3H,4H2. The number of rotatable bonds is 3. The molecule has 0 atom stereocenters. The zero-order valence-electron chi connectivity index (χ0n) is 6.94. The van der Waals surface area contributed by atoms with Gasteiger partial charge in [0.1, 0.15) is 5.82 Å². The van der Waals surface area contributed by atoms with E-state index in [2.05, 4.69) is 4.99 Å². The number of isocyanates is 1. The third-order valence-electron chi connectivity index (χ3n) is 1.55. The number of nitro benzene ring substituents is 1. The van der Waals surface area contributed by atoms with Gasteiger partial charge in [-0.3, -0.25) is 10.1 Å². The van der Waals surface area contributed by atoms with Crippen LogP contribution in [-0.4, -0.2) is 11.0 Å². The molecule has 1 aromatic rings. The molecule has 72 valence electrons. The highest BCUT2D eigenvalue weighted by molar-refractivity contribution is 5.42. The van der Waals surface area contributed by atoms with Crippen molar-refractivity contribution in [1.82, 2.24) is 0 Å². The quantitative estimate of drug-likeness (QED) is 0.318. The van der Waals surface area contributed by atoms with E-state index < -0.39 is 10.7 Å². The molecule has 5 nitrogen and oxygen atoms in total. The highest BCUT2D eigenvalue weighted by Gasteiger charge is 2.13. The Morgan fingerprint density at radius 3 is 2.86 bits per heavy atom. The Bertz CT molecular complexity index is 413. The Balaban J connectivity index is 3.15. The van der Waals surface area contributed by atoms with Crippen LogP contribution in [0.2, 0.25) is 0 Å². The van der Waals surface area contributed by atoms with Crippen molar-refractivity contribution in [2.45, 2.75) is 6.54 Å². The summed E-state index contributed by atoms with van der Waals surface area (Å²) < 4.78 is 12.7. The molecule has 0 fully saturated rings. The average molecular weight is 196 g/mol. The molecule has 0 saturated carbocycles. The van der Waals surface area contributed by atoms with Crippen LogP contribution in [0.5, 0.6) is 0 Å². The lowest BCUT2D eigenvalue weighted by molar-refractivity contribution is -0.385. The Hall–Kier alpha value is -2.07. The molecule has 0 aliphatic rings. The predicted molar refractivity (Wildman–Crippen MR) is 44.9 cm³/mol. The van der Waals surface area contributed by atoms with E-state index >= 15 is 0 Å². The van der Waals surface area contributed by atoms with Gasteiger partial charge in [0, 0.05) is 6.07 Å². The SMILES string of the molecule is O=C=NCc1cc(F)ccc1[N+](=O)[O-]. The van der Waals surface area contributed by atoms with E-state index in [1.54, 1.807) is 0 Å². The highest BCUT2D eigenvalue weighted by atomic mass is 19.1. The molecular formula is C8H5FN2O3. The fourth-order valence-electron chi connectivity index (χ4n) is 0.976. The molecule has 0 amide bonds. The van der Waals surface area contributed by atoms with Gasteiger partial charge in [-0.1, -0.05) is 0 Å². The topological polar surface area (TPSA) is 72.6 Å². The molecule has 0 heterocycles. The third kappa shape index (κ3) is 2.21. The van der Waals surface area contributed by atoms with Gasteiger partial charge in [-0.2, -0.15) is 0 Å². The van der Waals surface area contributed by atoms with E-state index in [0.717, 1.165) is 18.2 Å². The predicted octanol–water partition coefficient (Wildman–Crippen LogP) is 1.57. The van der Waals surface area contributed by atoms with Crippen molar-refractivity contribution in [2.24, 2.45) is 4.99 Å². The fraction of sp³-hybridized carbons (Fsp3) is 0.125. The van der Waals surface area contributed by atoms with Crippen LogP contribution in [0, 0.1) is 15.9 Å². The molecule has 0 aromatic heterocycles. The highest BCUT2D eigenvalue weighted by Crippen LogP contribution is 2.19. The van der Waals surface area contributed by atoms with E-state index in [1.807, 2.05) is 0 Å². The molecule has 1 rings (SSSR count). The van der Waals surface area contributed by atoms with Crippen LogP contribution < -0.4 is 0 Å². The first-order chi connectivity index (χ1) is 6.65. The van der Waals surface area contributed by atoms with Gasteiger partial charge in [-0.15, -0.1) is 0 Å². The van der Waals surface area contributed by atoms with E-state index in [1.165, 1.54) is 6.08 Å². The minimum Gasteiger partial charge on any atom is -0.258 e. The summed E-state index contributed by atoms with van der Waals surface area (Å²) in [6, 6.07) is 2.98. The van der Waals surface area contributed by atoms with Crippen LogP contribution in [0.25, 0.3) is 0 Å². The number of nitro groups is 1. The smallest absolute Gasteiger partial charge is 0.258 e. The first-order valence-corrected chi connectivity index (χ1v) is 3.61. The summed E-state index contributed by atoms with van der Waals surface area (Å²) in [7, 11) is 0. The molecule has 0 aliphatic carbocycles. The number of carbonyl (C=O) groups excluding carboxylic acids is 1. The maximum Gasteiger partial charge on any atom is 0.274 e. The van der Waals surface area contributed by atoms with Gasteiger partial charge >= 0.3 is 0 Å². The van der Waals surface area contributed by atoms with Gasteiger partial charge in [0.05, 0.1) is 17.0 Å². The van der Waals surface area contributed by atoms with Crippen molar-refractivity contribution in [3.05, 3.63) is 39.7 Å². The Morgan fingerprint density at radius 2 is 2.29 bits per heavy atom. The van der Waals surface area contributed by atoms with Crippen LogP contribution in [0.4, 0.5) is 10.1 Å². The normalized spacial score (nSPS) is 9.21. The molecule has 0 radical (unpaired) electrons. The lowest BCUT2D eigenvalue weighted by atomic mass is 10.2. The summed E-state index contributed by atoms with van der Waals surface area (Å²) in [6.07, 6.45) is 1.23. The summed E-state index contributed by atoms with van der Waals surface area (Å²) in [5.41, 5.74) is -0.205. The molecule has 0 bridgehead atoms. The van der Waals surface area contributed by atoms with Crippen molar-refractivity contribution in [1.29, 1.82) is 0 Å². The van der Waals surface area contributed by atoms with Gasteiger partial charge in [-0.25, -0.2) is 14.2 Å². The number of aliphatic imine (C=N–C) groups is 1. The number of hydrogen-bond acceptors (Lipinski definition) is 4. The number of benzene rings is 1. The van der Waals surface area contributed by atoms with E-state index in [0.29, 0.717) is 0 Å². The summed E-state index contributed by atoms with van der Waals surface area (Å²) in [5, 5.41) is 10.4. The fourth-order valence-corrected chi connectivity index (χ4v) is 0.976. The van der Waals surface area contributed by atoms with Crippen molar-refractivity contribution >= 4 is 11.8 Å². The summed E-state index contributed by atoms with van der Waals surface area (Å²) in [6.45, 7) is -0.239. The number of halogens is 1. The van der Waals surface area contributed by atoms with Crippen molar-refractivity contribution < 1.29 is 14.1 Å². The molecule has 14 heavy (non-hydrogen) atoms. The first kappa shape index (κ1) is 10.0. The van der Waals surface area contributed by atoms with Crippen LogP contribution in [-0.2, 0) is 11.3 Å². The molecular weight excluding hydrogens is 191 g/mol. The summed E-state index contributed by atoms with van der Waals surface area (Å²) in [5.74, 6) is -0.605. The monoisotopic (exact) mass is 196 g/mol. The van der Waals surface area contributed by atoms with Crippen molar-refractivity contribution in [3.8, 4) is 0 Å². The first-order valence-electron chi connectivity index (χ1n) is 3.61. The molecule has 0 aliphatic heterocycles. The maximum absolute atomic E-state index is 12.7. The lowest BCUT2D eigenvalue weighted by Gasteiger charge is -1.97. The van der Waals surface area contributed by atoms with Crippen molar-refractivity contribution in [2.75, 3.05) is 0 Å². The molecule has 1 aromatic carbocycles. The Kier molecular flexibility index (Phi) is 3.04. The molecule has 6 heteroatoms. The van der Waals surface area contributed by atoms with Gasteiger partial charge in [0.25, 0.3) is 5.69 Å². The van der Waals surface area contributed by atoms with Crippen LogP contribution in [0.3, 0.4) is 0 Å². The zero-order chi connectivity index (χ0) is 10.6. The number of hydrogen-bond donors (Lipinski definition) is 0. The van der Waals surface area contributed by atoms with Gasteiger partial charge in [0.15, 0.2) is 0 Å². The van der Waals surface area contributed by atoms with Crippen LogP contribution >= 0.6 is 0 Å². The maximum atomic E-state index is 12.7. The second-order valence-corrected chi connectivity index (χ2v) is 2.44. The Morgan fingerprint density at radius 1 is 1.57 bits per heavy atom. The molecule has 0 unspecified atom stereocenters. The second-order valence-electron chi connectivity index (χ2n) is 2.44. The lowest BCUT2D eigenvalue weighted by Crippen LogP contribution is -1.95. The largest absolute Gasteiger partial charge is 0.274 e. The van der Waals surface area contributed by atoms with Crippen molar-refractivity contribution in [3.63, 3.8) is 0 Å². The second kappa shape index (κ2) is 4.25. The van der Waals surface area contributed by atoms with Gasteiger partial charge in [-0.05, 0) is 12.1 Å². The van der Waals surface area contributed by atoms with Gasteiger partial charge < -0.3 is 0 Å². The van der Waals surface area contributed by atoms with E-state index in [4.69, 9.17) is 0 Å². The summed E-state index contributed by atoms with van der Waals surface area (Å²) in [4.78, 5) is 22.7. The van der Waals surface area contributed by atoms with E-state index in [-0.39, 0.29) is 17.8 Å². The molecule has 0 saturated heterocycles. The minimum absolute atomic E-state index is 0.0540. The Labute approximate surface area is 78.0 Å².